The quantitative estimate of drug-likeness (QED) is 0.630. The first kappa shape index (κ1) is 11.4. The number of rotatable bonds is 7. The van der Waals surface area contributed by atoms with Crippen molar-refractivity contribution in [3.63, 3.8) is 0 Å². The maximum atomic E-state index is 3.65. The normalized spacial score (nSPS) is 31.0. The molecule has 88 valence electrons. The maximum Gasteiger partial charge on any atom is 0.00996 e. The summed E-state index contributed by atoms with van der Waals surface area (Å²) in [5.41, 5.74) is 0. The van der Waals surface area contributed by atoms with Gasteiger partial charge in [0, 0.05) is 25.2 Å². The summed E-state index contributed by atoms with van der Waals surface area (Å²) in [5, 5.41) is 7.30. The fraction of sp³-hybridized carbons (Fsp3) is 1.00. The molecule has 0 aromatic rings. The van der Waals surface area contributed by atoms with Crippen LogP contribution >= 0.6 is 0 Å². The van der Waals surface area contributed by atoms with Crippen LogP contribution in [0.25, 0.3) is 0 Å². The van der Waals surface area contributed by atoms with Crippen LogP contribution in [0.2, 0.25) is 0 Å². The molecule has 0 aromatic heterocycles. The van der Waals surface area contributed by atoms with Gasteiger partial charge in [-0.25, -0.2) is 0 Å². The van der Waals surface area contributed by atoms with Crippen LogP contribution in [0.3, 0.4) is 0 Å². The van der Waals surface area contributed by atoms with E-state index in [-0.39, 0.29) is 0 Å². The minimum atomic E-state index is 0.831. The Kier molecular flexibility index (Phi) is 4.45. The Labute approximate surface area is 94.2 Å². The Hall–Kier alpha value is -0.0800. The van der Waals surface area contributed by atoms with Crippen LogP contribution in [0.5, 0.6) is 0 Å². The summed E-state index contributed by atoms with van der Waals surface area (Å²) in [5.74, 6) is 1.00. The molecule has 0 saturated heterocycles. The molecule has 0 radical (unpaired) electrons. The summed E-state index contributed by atoms with van der Waals surface area (Å²) in [6.07, 6.45) is 9.89. The van der Waals surface area contributed by atoms with E-state index in [4.69, 9.17) is 0 Å². The highest BCUT2D eigenvalue weighted by Gasteiger charge is 2.34. The van der Waals surface area contributed by atoms with E-state index >= 15 is 0 Å². The molecule has 0 amide bonds. The fourth-order valence-electron chi connectivity index (χ4n) is 2.85. The highest BCUT2D eigenvalue weighted by Crippen LogP contribution is 2.34. The summed E-state index contributed by atoms with van der Waals surface area (Å²) in [7, 11) is 0. The van der Waals surface area contributed by atoms with Gasteiger partial charge in [-0.05, 0) is 31.6 Å². The monoisotopic (exact) mass is 210 g/mol. The zero-order valence-electron chi connectivity index (χ0n) is 10.1. The lowest BCUT2D eigenvalue weighted by molar-refractivity contribution is 0.500. The molecule has 2 aliphatic carbocycles. The van der Waals surface area contributed by atoms with Crippen molar-refractivity contribution in [2.75, 3.05) is 13.1 Å². The molecule has 0 aromatic carbocycles. The molecule has 0 spiro atoms. The van der Waals surface area contributed by atoms with Gasteiger partial charge in [0.15, 0.2) is 0 Å². The summed E-state index contributed by atoms with van der Waals surface area (Å²) in [6.45, 7) is 4.62. The van der Waals surface area contributed by atoms with Gasteiger partial charge in [0.1, 0.15) is 0 Å². The predicted molar refractivity (Wildman–Crippen MR) is 65.1 cm³/mol. The van der Waals surface area contributed by atoms with Gasteiger partial charge in [-0.3, -0.25) is 0 Å². The van der Waals surface area contributed by atoms with Crippen LogP contribution in [-0.4, -0.2) is 25.2 Å². The van der Waals surface area contributed by atoms with Gasteiger partial charge in [0.25, 0.3) is 0 Å². The van der Waals surface area contributed by atoms with Crippen molar-refractivity contribution in [1.29, 1.82) is 0 Å². The molecule has 2 fully saturated rings. The molecule has 2 saturated carbocycles. The molecule has 0 aliphatic heterocycles. The van der Waals surface area contributed by atoms with Crippen molar-refractivity contribution < 1.29 is 0 Å². The molecule has 2 rings (SSSR count). The fourth-order valence-corrected chi connectivity index (χ4v) is 2.85. The van der Waals surface area contributed by atoms with Gasteiger partial charge in [-0.1, -0.05) is 26.2 Å². The average Bonchev–Trinajstić information content (AvgIpc) is 2.79. The lowest BCUT2D eigenvalue weighted by Crippen LogP contribution is -2.34. The van der Waals surface area contributed by atoms with E-state index < -0.39 is 0 Å². The van der Waals surface area contributed by atoms with Crippen LogP contribution in [-0.2, 0) is 0 Å². The summed E-state index contributed by atoms with van der Waals surface area (Å²) >= 11 is 0. The van der Waals surface area contributed by atoms with Crippen LogP contribution < -0.4 is 10.6 Å². The van der Waals surface area contributed by atoms with Gasteiger partial charge in [0.2, 0.25) is 0 Å². The Morgan fingerprint density at radius 3 is 2.53 bits per heavy atom. The highest BCUT2D eigenvalue weighted by atomic mass is 15.0. The minimum Gasteiger partial charge on any atom is -0.313 e. The highest BCUT2D eigenvalue weighted by molar-refractivity contribution is 4.92. The maximum absolute atomic E-state index is 3.65. The lowest BCUT2D eigenvalue weighted by atomic mass is 10.2. The minimum absolute atomic E-state index is 0.831. The van der Waals surface area contributed by atoms with E-state index in [2.05, 4.69) is 17.6 Å². The Morgan fingerprint density at radius 1 is 1.07 bits per heavy atom. The summed E-state index contributed by atoms with van der Waals surface area (Å²) in [6, 6.07) is 1.69. The Bertz CT molecular complexity index is 175. The number of hydrogen-bond donors (Lipinski definition) is 2. The zero-order chi connectivity index (χ0) is 10.5. The molecule has 15 heavy (non-hydrogen) atoms. The van der Waals surface area contributed by atoms with E-state index in [1.807, 2.05) is 0 Å². The van der Waals surface area contributed by atoms with E-state index in [9.17, 15) is 0 Å². The topological polar surface area (TPSA) is 24.1 Å². The first-order chi connectivity index (χ1) is 7.40. The van der Waals surface area contributed by atoms with Crippen LogP contribution in [0.1, 0.15) is 51.9 Å². The van der Waals surface area contributed by atoms with Crippen molar-refractivity contribution in [3.8, 4) is 0 Å². The van der Waals surface area contributed by atoms with E-state index in [1.165, 1.54) is 58.0 Å². The van der Waals surface area contributed by atoms with Crippen molar-refractivity contribution in [3.05, 3.63) is 0 Å². The molecule has 0 bridgehead atoms. The predicted octanol–water partition coefficient (Wildman–Crippen LogP) is 2.30. The first-order valence-corrected chi connectivity index (χ1v) is 6.87. The second-order valence-electron chi connectivity index (χ2n) is 5.28. The average molecular weight is 210 g/mol. The summed E-state index contributed by atoms with van der Waals surface area (Å²) in [4.78, 5) is 0. The van der Waals surface area contributed by atoms with Crippen molar-refractivity contribution in [2.24, 2.45) is 5.92 Å². The largest absolute Gasteiger partial charge is 0.313 e. The van der Waals surface area contributed by atoms with Gasteiger partial charge in [-0.2, -0.15) is 0 Å². The van der Waals surface area contributed by atoms with Crippen LogP contribution in [0.15, 0.2) is 0 Å². The SMILES string of the molecule is CCCC1CC1NCCNC1CCCC1. The zero-order valence-corrected chi connectivity index (χ0v) is 10.1. The van der Waals surface area contributed by atoms with E-state index in [1.54, 1.807) is 0 Å². The second-order valence-corrected chi connectivity index (χ2v) is 5.28. The standard InChI is InChI=1S/C13H26N2/c1-2-5-11-10-13(11)15-9-8-14-12-6-3-4-7-12/h11-15H,2-10H2,1H3. The molecule has 2 N–H and O–H groups in total. The Balaban J connectivity index is 1.42. The summed E-state index contributed by atoms with van der Waals surface area (Å²) < 4.78 is 0. The third kappa shape index (κ3) is 3.76. The smallest absolute Gasteiger partial charge is 0.00996 e. The van der Waals surface area contributed by atoms with Crippen molar-refractivity contribution in [2.45, 2.75) is 64.0 Å². The van der Waals surface area contributed by atoms with Crippen LogP contribution in [0, 0.1) is 5.92 Å². The molecule has 2 atom stereocenters. The number of nitrogens with one attached hydrogen (secondary N) is 2. The van der Waals surface area contributed by atoms with Crippen molar-refractivity contribution >= 4 is 0 Å². The van der Waals surface area contributed by atoms with E-state index in [0.717, 1.165) is 18.0 Å². The molecule has 2 nitrogen and oxygen atoms in total. The first-order valence-electron chi connectivity index (χ1n) is 6.87. The molecule has 2 aliphatic rings. The second kappa shape index (κ2) is 5.86. The van der Waals surface area contributed by atoms with Crippen molar-refractivity contribution in [1.82, 2.24) is 10.6 Å². The third-order valence-corrected chi connectivity index (χ3v) is 3.90. The lowest BCUT2D eigenvalue weighted by Gasteiger charge is -2.11. The molecule has 2 heteroatoms. The third-order valence-electron chi connectivity index (χ3n) is 3.90. The van der Waals surface area contributed by atoms with E-state index in [0.29, 0.717) is 0 Å². The molecular weight excluding hydrogens is 184 g/mol. The molecule has 2 unspecified atom stereocenters. The molecular formula is C13H26N2. The van der Waals surface area contributed by atoms with Gasteiger partial charge in [-0.15, -0.1) is 0 Å². The Morgan fingerprint density at radius 2 is 1.80 bits per heavy atom. The van der Waals surface area contributed by atoms with Gasteiger partial charge < -0.3 is 10.6 Å². The molecule has 0 heterocycles. The van der Waals surface area contributed by atoms with Gasteiger partial charge >= 0.3 is 0 Å². The van der Waals surface area contributed by atoms with Crippen LogP contribution in [0.4, 0.5) is 0 Å². The number of hydrogen-bond acceptors (Lipinski definition) is 2. The van der Waals surface area contributed by atoms with Gasteiger partial charge in [0.05, 0.1) is 0 Å².